The molecule has 4 rings (SSSR count). The van der Waals surface area contributed by atoms with Gasteiger partial charge in [0.2, 0.25) is 10.0 Å². The molecule has 3 aromatic carbocycles. The van der Waals surface area contributed by atoms with Crippen molar-refractivity contribution in [1.29, 1.82) is 0 Å². The highest BCUT2D eigenvalue weighted by Crippen LogP contribution is 2.27. The van der Waals surface area contributed by atoms with Crippen LogP contribution in [0.4, 0.5) is 0 Å². The molecule has 0 radical (unpaired) electrons. The van der Waals surface area contributed by atoms with Crippen LogP contribution in [-0.2, 0) is 23.1 Å². The second-order valence-corrected chi connectivity index (χ2v) is 10.6. The zero-order valence-corrected chi connectivity index (χ0v) is 20.3. The van der Waals surface area contributed by atoms with Gasteiger partial charge in [0, 0.05) is 24.0 Å². The predicted octanol–water partition coefficient (Wildman–Crippen LogP) is 5.50. The number of nitrogens with zero attached hydrogens (tertiary/aromatic N) is 1. The molecule has 1 aromatic heterocycles. The average molecular weight is 481 g/mol. The Kier molecular flexibility index (Phi) is 6.43. The summed E-state index contributed by atoms with van der Waals surface area (Å²) < 4.78 is 28.6. The first-order chi connectivity index (χ1) is 15.7. The topological polar surface area (TPSA) is 70.2 Å². The summed E-state index contributed by atoms with van der Waals surface area (Å²) in [6.07, 6.45) is 0. The number of fused-ring (bicyclic) bond motifs is 1. The molecular formula is C26H25ClN2O3S. The molecule has 0 aliphatic rings. The molecule has 0 unspecified atom stereocenters. The fraction of sp³-hybridized carbons (Fsp3) is 0.192. The summed E-state index contributed by atoms with van der Waals surface area (Å²) in [6.45, 7) is 5.90. The van der Waals surface area contributed by atoms with E-state index in [4.69, 9.17) is 11.6 Å². The second-order valence-electron chi connectivity index (χ2n) is 8.30. The van der Waals surface area contributed by atoms with Crippen LogP contribution in [0, 0.1) is 20.8 Å². The molecule has 0 saturated heterocycles. The number of aromatic amines is 1. The molecule has 0 bridgehead atoms. The van der Waals surface area contributed by atoms with Gasteiger partial charge in [0.1, 0.15) is 4.90 Å². The Bertz CT molecular complexity index is 1490. The third kappa shape index (κ3) is 4.74. The summed E-state index contributed by atoms with van der Waals surface area (Å²) in [7, 11) is -3.98. The smallest absolute Gasteiger partial charge is 0.252 e. The number of rotatable bonds is 6. The Morgan fingerprint density at radius 2 is 1.55 bits per heavy atom. The van der Waals surface area contributed by atoms with Crippen molar-refractivity contribution in [3.8, 4) is 0 Å². The van der Waals surface area contributed by atoms with E-state index in [0.29, 0.717) is 5.56 Å². The third-order valence-electron chi connectivity index (χ3n) is 5.80. The minimum Gasteiger partial charge on any atom is -0.321 e. The van der Waals surface area contributed by atoms with Gasteiger partial charge in [-0.3, -0.25) is 4.79 Å². The molecule has 0 aliphatic heterocycles. The van der Waals surface area contributed by atoms with Crippen LogP contribution < -0.4 is 5.56 Å². The molecule has 0 saturated carbocycles. The molecule has 1 N–H and O–H groups in total. The van der Waals surface area contributed by atoms with E-state index in [9.17, 15) is 13.2 Å². The number of aromatic nitrogens is 1. The monoisotopic (exact) mass is 480 g/mol. The number of aryl methyl sites for hydroxylation is 3. The van der Waals surface area contributed by atoms with Gasteiger partial charge in [-0.05, 0) is 55.7 Å². The molecule has 5 nitrogen and oxygen atoms in total. The van der Waals surface area contributed by atoms with Crippen LogP contribution >= 0.6 is 11.6 Å². The second kappa shape index (κ2) is 9.14. The molecule has 7 heteroatoms. The molecule has 4 aromatic rings. The number of benzene rings is 3. The van der Waals surface area contributed by atoms with Crippen LogP contribution in [0.25, 0.3) is 10.9 Å². The Morgan fingerprint density at radius 1 is 0.879 bits per heavy atom. The van der Waals surface area contributed by atoms with E-state index in [2.05, 4.69) is 4.98 Å². The van der Waals surface area contributed by atoms with Gasteiger partial charge in [0.25, 0.3) is 5.56 Å². The lowest BCUT2D eigenvalue weighted by atomic mass is 10.0. The number of halogens is 1. The SMILES string of the molecule is Cc1ccc(CN(Cc2cc3c(C)ccc(C)c3[nH]c2=O)S(=O)(=O)c2ccccc2Cl)cc1. The van der Waals surface area contributed by atoms with Gasteiger partial charge >= 0.3 is 0 Å². The summed E-state index contributed by atoms with van der Waals surface area (Å²) in [4.78, 5) is 15.9. The number of H-pyrrole nitrogens is 1. The van der Waals surface area contributed by atoms with Gasteiger partial charge in [-0.2, -0.15) is 4.31 Å². The molecule has 0 amide bonds. The van der Waals surface area contributed by atoms with Crippen molar-refractivity contribution in [1.82, 2.24) is 9.29 Å². The Morgan fingerprint density at radius 3 is 2.24 bits per heavy atom. The van der Waals surface area contributed by atoms with Gasteiger partial charge < -0.3 is 4.98 Å². The fourth-order valence-electron chi connectivity index (χ4n) is 3.84. The molecule has 33 heavy (non-hydrogen) atoms. The Labute approximate surface area is 198 Å². The van der Waals surface area contributed by atoms with E-state index in [1.807, 2.05) is 57.2 Å². The predicted molar refractivity (Wildman–Crippen MR) is 133 cm³/mol. The molecule has 0 aliphatic carbocycles. The van der Waals surface area contributed by atoms with Gasteiger partial charge in [0.05, 0.1) is 10.5 Å². The minimum atomic E-state index is -3.98. The maximum Gasteiger partial charge on any atom is 0.252 e. The number of nitrogens with one attached hydrogen (secondary N) is 1. The van der Waals surface area contributed by atoms with Crippen molar-refractivity contribution in [2.75, 3.05) is 0 Å². The highest BCUT2D eigenvalue weighted by atomic mass is 35.5. The van der Waals surface area contributed by atoms with Crippen LogP contribution in [0.2, 0.25) is 5.02 Å². The largest absolute Gasteiger partial charge is 0.321 e. The maximum atomic E-state index is 13.7. The first kappa shape index (κ1) is 23.2. The van der Waals surface area contributed by atoms with Gasteiger partial charge in [-0.15, -0.1) is 0 Å². The lowest BCUT2D eigenvalue weighted by Crippen LogP contribution is -2.32. The summed E-state index contributed by atoms with van der Waals surface area (Å²) >= 11 is 6.25. The first-order valence-corrected chi connectivity index (χ1v) is 12.4. The maximum absolute atomic E-state index is 13.7. The summed E-state index contributed by atoms with van der Waals surface area (Å²) in [5.41, 5.74) is 4.70. The van der Waals surface area contributed by atoms with Crippen LogP contribution in [0.5, 0.6) is 0 Å². The molecule has 0 fully saturated rings. The summed E-state index contributed by atoms with van der Waals surface area (Å²) in [5, 5.41) is 1.04. The molecule has 0 spiro atoms. The van der Waals surface area contributed by atoms with Crippen LogP contribution in [-0.4, -0.2) is 17.7 Å². The molecular weight excluding hydrogens is 456 g/mol. The normalized spacial score (nSPS) is 11.9. The third-order valence-corrected chi connectivity index (χ3v) is 8.09. The Hall–Kier alpha value is -2.93. The van der Waals surface area contributed by atoms with Crippen molar-refractivity contribution in [2.24, 2.45) is 0 Å². The lowest BCUT2D eigenvalue weighted by Gasteiger charge is -2.23. The standard InChI is InChI=1S/C26H25ClN2O3S/c1-17-8-12-20(13-9-17)15-29(33(31,32)24-7-5-4-6-23(24)27)16-21-14-22-18(2)10-11-19(3)25(22)28-26(21)30/h4-14H,15-16H2,1-3H3,(H,28,30). The number of sulfonamides is 1. The van der Waals surface area contributed by atoms with Crippen molar-refractivity contribution in [2.45, 2.75) is 38.8 Å². The quantitative estimate of drug-likeness (QED) is 0.396. The van der Waals surface area contributed by atoms with E-state index in [-0.39, 0.29) is 28.6 Å². The number of pyridine rings is 1. The van der Waals surface area contributed by atoms with E-state index in [0.717, 1.165) is 33.2 Å². The zero-order chi connectivity index (χ0) is 23.8. The zero-order valence-electron chi connectivity index (χ0n) is 18.7. The van der Waals surface area contributed by atoms with E-state index in [1.54, 1.807) is 24.3 Å². The average Bonchev–Trinajstić information content (AvgIpc) is 2.78. The van der Waals surface area contributed by atoms with Crippen molar-refractivity contribution in [3.05, 3.63) is 110 Å². The number of hydrogen-bond donors (Lipinski definition) is 1. The minimum absolute atomic E-state index is 0.0167. The Balaban J connectivity index is 1.82. The highest BCUT2D eigenvalue weighted by Gasteiger charge is 2.28. The fourth-order valence-corrected chi connectivity index (χ4v) is 5.74. The van der Waals surface area contributed by atoms with Gasteiger partial charge in [-0.1, -0.05) is 65.7 Å². The summed E-state index contributed by atoms with van der Waals surface area (Å²) in [6, 6.07) is 19.7. The van der Waals surface area contributed by atoms with E-state index in [1.165, 1.54) is 10.4 Å². The van der Waals surface area contributed by atoms with Gasteiger partial charge in [-0.25, -0.2) is 8.42 Å². The van der Waals surface area contributed by atoms with Crippen LogP contribution in [0.3, 0.4) is 0 Å². The van der Waals surface area contributed by atoms with Crippen molar-refractivity contribution < 1.29 is 8.42 Å². The van der Waals surface area contributed by atoms with Crippen molar-refractivity contribution >= 4 is 32.5 Å². The molecule has 0 atom stereocenters. The number of hydrogen-bond acceptors (Lipinski definition) is 3. The lowest BCUT2D eigenvalue weighted by molar-refractivity contribution is 0.400. The summed E-state index contributed by atoms with van der Waals surface area (Å²) in [5.74, 6) is 0. The van der Waals surface area contributed by atoms with E-state index >= 15 is 0 Å². The molecule has 1 heterocycles. The highest BCUT2D eigenvalue weighted by molar-refractivity contribution is 7.89. The first-order valence-electron chi connectivity index (χ1n) is 10.6. The van der Waals surface area contributed by atoms with Gasteiger partial charge in [0.15, 0.2) is 0 Å². The van der Waals surface area contributed by atoms with E-state index < -0.39 is 10.0 Å². The van der Waals surface area contributed by atoms with Crippen LogP contribution in [0.1, 0.15) is 27.8 Å². The van der Waals surface area contributed by atoms with Crippen LogP contribution in [0.15, 0.2) is 76.4 Å². The molecule has 170 valence electrons. The van der Waals surface area contributed by atoms with Crippen molar-refractivity contribution in [3.63, 3.8) is 0 Å².